The van der Waals surface area contributed by atoms with Crippen LogP contribution in [0.15, 0.2) is 72.8 Å². The van der Waals surface area contributed by atoms with Crippen molar-refractivity contribution < 1.29 is 19.1 Å². The molecular weight excluding hydrogens is 404 g/mol. The lowest BCUT2D eigenvalue weighted by Crippen LogP contribution is -2.23. The Morgan fingerprint density at radius 2 is 1.67 bits per heavy atom. The van der Waals surface area contributed by atoms with Crippen LogP contribution in [-0.2, 0) is 11.3 Å². The smallest absolute Gasteiger partial charge is 0.308 e. The van der Waals surface area contributed by atoms with Crippen LogP contribution in [0.5, 0.6) is 5.75 Å². The van der Waals surface area contributed by atoms with Gasteiger partial charge in [-0.25, -0.2) is 0 Å². The molecule has 0 aromatic heterocycles. The standard InChI is InChI=1S/C23H19ClN2O4/c1-15(27)30-19-9-5-7-17(13-19)22(28)25-14-16-6-4-8-18(12-16)26-23(29)20-10-2-3-11-21(20)24/h2-13H,14H2,1H3,(H,25,28)(H,26,29). The quantitative estimate of drug-likeness (QED) is 0.454. The molecule has 0 radical (unpaired) electrons. The number of hydrogen-bond acceptors (Lipinski definition) is 4. The SMILES string of the molecule is CC(=O)Oc1cccc(C(=O)NCc2cccc(NC(=O)c3ccccc3Cl)c2)c1. The lowest BCUT2D eigenvalue weighted by molar-refractivity contribution is -0.131. The first-order chi connectivity index (χ1) is 14.4. The molecule has 0 atom stereocenters. The van der Waals surface area contributed by atoms with Crippen molar-refractivity contribution in [1.82, 2.24) is 5.32 Å². The maximum atomic E-state index is 12.4. The molecule has 2 N–H and O–H groups in total. The number of rotatable bonds is 6. The van der Waals surface area contributed by atoms with E-state index in [4.69, 9.17) is 16.3 Å². The van der Waals surface area contributed by atoms with Crippen LogP contribution in [-0.4, -0.2) is 17.8 Å². The number of hydrogen-bond donors (Lipinski definition) is 2. The number of ether oxygens (including phenoxy) is 1. The van der Waals surface area contributed by atoms with Gasteiger partial charge in [-0.2, -0.15) is 0 Å². The summed E-state index contributed by atoms with van der Waals surface area (Å²) in [5, 5.41) is 5.97. The number of halogens is 1. The number of benzene rings is 3. The molecule has 3 aromatic carbocycles. The first kappa shape index (κ1) is 21.1. The topological polar surface area (TPSA) is 84.5 Å². The summed E-state index contributed by atoms with van der Waals surface area (Å²) in [7, 11) is 0. The zero-order valence-corrected chi connectivity index (χ0v) is 16.9. The van der Waals surface area contributed by atoms with Crippen LogP contribution in [0.4, 0.5) is 5.69 Å². The Hall–Kier alpha value is -3.64. The van der Waals surface area contributed by atoms with Crippen molar-refractivity contribution in [2.75, 3.05) is 5.32 Å². The monoisotopic (exact) mass is 422 g/mol. The fourth-order valence-corrected chi connectivity index (χ4v) is 2.98. The summed E-state index contributed by atoms with van der Waals surface area (Å²) in [5.41, 5.74) is 2.14. The fraction of sp³-hybridized carbons (Fsp3) is 0.0870. The molecule has 0 aliphatic rings. The van der Waals surface area contributed by atoms with Gasteiger partial charge in [0.15, 0.2) is 0 Å². The van der Waals surface area contributed by atoms with Crippen LogP contribution in [0.3, 0.4) is 0 Å². The molecular formula is C23H19ClN2O4. The molecule has 3 rings (SSSR count). The molecule has 6 nitrogen and oxygen atoms in total. The van der Waals surface area contributed by atoms with Crippen LogP contribution >= 0.6 is 11.6 Å². The third-order valence-corrected chi connectivity index (χ3v) is 4.44. The third kappa shape index (κ3) is 5.68. The van der Waals surface area contributed by atoms with E-state index in [-0.39, 0.29) is 18.4 Å². The minimum Gasteiger partial charge on any atom is -0.427 e. The molecule has 0 aliphatic heterocycles. The van der Waals surface area contributed by atoms with Crippen LogP contribution in [0.2, 0.25) is 5.02 Å². The fourth-order valence-electron chi connectivity index (χ4n) is 2.75. The summed E-state index contributed by atoms with van der Waals surface area (Å²) in [6.07, 6.45) is 0. The van der Waals surface area contributed by atoms with E-state index < -0.39 is 5.97 Å². The van der Waals surface area contributed by atoms with Gasteiger partial charge in [-0.15, -0.1) is 0 Å². The van der Waals surface area contributed by atoms with E-state index in [2.05, 4.69) is 10.6 Å². The van der Waals surface area contributed by atoms with E-state index in [1.54, 1.807) is 60.7 Å². The number of amides is 2. The minimum atomic E-state index is -0.455. The zero-order valence-electron chi connectivity index (χ0n) is 16.1. The van der Waals surface area contributed by atoms with Crippen molar-refractivity contribution in [2.45, 2.75) is 13.5 Å². The van der Waals surface area contributed by atoms with Crippen LogP contribution in [0.25, 0.3) is 0 Å². The van der Waals surface area contributed by atoms with E-state index >= 15 is 0 Å². The molecule has 0 fully saturated rings. The lowest BCUT2D eigenvalue weighted by atomic mass is 10.1. The first-order valence-electron chi connectivity index (χ1n) is 9.14. The molecule has 7 heteroatoms. The number of carbonyl (C=O) groups is 3. The largest absolute Gasteiger partial charge is 0.427 e. The molecule has 0 aliphatic carbocycles. The van der Waals surface area contributed by atoms with Crippen molar-refractivity contribution in [3.8, 4) is 5.75 Å². The van der Waals surface area contributed by atoms with Crippen molar-refractivity contribution in [3.63, 3.8) is 0 Å². The van der Waals surface area contributed by atoms with Gasteiger partial charge in [0.2, 0.25) is 0 Å². The van der Waals surface area contributed by atoms with Gasteiger partial charge < -0.3 is 15.4 Å². The maximum Gasteiger partial charge on any atom is 0.308 e. The van der Waals surface area contributed by atoms with Crippen LogP contribution in [0, 0.1) is 0 Å². The molecule has 0 spiro atoms. The first-order valence-corrected chi connectivity index (χ1v) is 9.51. The Labute approximate surface area is 178 Å². The normalized spacial score (nSPS) is 10.2. The Balaban J connectivity index is 1.63. The summed E-state index contributed by atoms with van der Waals surface area (Å²) in [5.74, 6) is -0.777. The second-order valence-corrected chi connectivity index (χ2v) is 6.85. The minimum absolute atomic E-state index is 0.256. The highest BCUT2D eigenvalue weighted by molar-refractivity contribution is 6.34. The summed E-state index contributed by atoms with van der Waals surface area (Å²) in [6.45, 7) is 1.55. The van der Waals surface area contributed by atoms with E-state index in [1.807, 2.05) is 6.07 Å². The molecule has 152 valence electrons. The van der Waals surface area contributed by atoms with Crippen molar-refractivity contribution in [2.24, 2.45) is 0 Å². The van der Waals surface area contributed by atoms with Gasteiger partial charge in [0.25, 0.3) is 11.8 Å². The Morgan fingerprint density at radius 3 is 2.43 bits per heavy atom. The maximum absolute atomic E-state index is 12.4. The van der Waals surface area contributed by atoms with Crippen LogP contribution in [0.1, 0.15) is 33.2 Å². The molecule has 0 saturated heterocycles. The molecule has 0 heterocycles. The van der Waals surface area contributed by atoms with E-state index in [9.17, 15) is 14.4 Å². The second-order valence-electron chi connectivity index (χ2n) is 6.44. The van der Waals surface area contributed by atoms with Crippen LogP contribution < -0.4 is 15.4 Å². The lowest BCUT2D eigenvalue weighted by Gasteiger charge is -2.10. The summed E-state index contributed by atoms with van der Waals surface area (Å²) >= 11 is 6.06. The van der Waals surface area contributed by atoms with Crippen molar-refractivity contribution in [3.05, 3.63) is 94.5 Å². The Morgan fingerprint density at radius 1 is 0.900 bits per heavy atom. The van der Waals surface area contributed by atoms with Gasteiger partial charge >= 0.3 is 5.97 Å². The molecule has 3 aromatic rings. The van der Waals surface area contributed by atoms with Gasteiger partial charge in [0, 0.05) is 24.7 Å². The average Bonchev–Trinajstić information content (AvgIpc) is 2.72. The summed E-state index contributed by atoms with van der Waals surface area (Å²) < 4.78 is 5.00. The average molecular weight is 423 g/mol. The van der Waals surface area contributed by atoms with E-state index in [1.165, 1.54) is 13.0 Å². The third-order valence-electron chi connectivity index (χ3n) is 4.11. The predicted octanol–water partition coefficient (Wildman–Crippen LogP) is 4.45. The summed E-state index contributed by atoms with van der Waals surface area (Å²) in [6, 6.07) is 20.3. The van der Waals surface area contributed by atoms with E-state index in [0.29, 0.717) is 27.6 Å². The van der Waals surface area contributed by atoms with Gasteiger partial charge in [-0.3, -0.25) is 14.4 Å². The van der Waals surface area contributed by atoms with Gasteiger partial charge in [0.1, 0.15) is 5.75 Å². The van der Waals surface area contributed by atoms with Gasteiger partial charge in [0.05, 0.1) is 10.6 Å². The number of carbonyl (C=O) groups excluding carboxylic acids is 3. The molecule has 0 unspecified atom stereocenters. The van der Waals surface area contributed by atoms with E-state index in [0.717, 1.165) is 5.56 Å². The van der Waals surface area contributed by atoms with Crippen molar-refractivity contribution in [1.29, 1.82) is 0 Å². The summed E-state index contributed by atoms with van der Waals surface area (Å²) in [4.78, 5) is 35.9. The number of nitrogens with one attached hydrogen (secondary N) is 2. The molecule has 0 bridgehead atoms. The highest BCUT2D eigenvalue weighted by Crippen LogP contribution is 2.18. The highest BCUT2D eigenvalue weighted by atomic mass is 35.5. The zero-order chi connectivity index (χ0) is 21.5. The Kier molecular flexibility index (Phi) is 6.83. The van der Waals surface area contributed by atoms with Crippen molar-refractivity contribution >= 4 is 35.1 Å². The Bertz CT molecular complexity index is 1100. The number of anilines is 1. The molecule has 2 amide bonds. The number of esters is 1. The predicted molar refractivity (Wildman–Crippen MR) is 115 cm³/mol. The molecule has 30 heavy (non-hydrogen) atoms. The van der Waals surface area contributed by atoms with Gasteiger partial charge in [-0.05, 0) is 48.0 Å². The highest BCUT2D eigenvalue weighted by Gasteiger charge is 2.11. The molecule has 0 saturated carbocycles. The second kappa shape index (κ2) is 9.71. The van der Waals surface area contributed by atoms with Gasteiger partial charge in [-0.1, -0.05) is 41.9 Å².